The number of hydrogen-bond donors (Lipinski definition) is 1. The average molecular weight is 444 g/mol. The number of aryl methyl sites for hydroxylation is 1. The Morgan fingerprint density at radius 1 is 0.969 bits per heavy atom. The molecule has 5 nitrogen and oxygen atoms in total. The predicted octanol–water partition coefficient (Wildman–Crippen LogP) is 6.49. The normalized spacial score (nSPS) is 10.9. The van der Waals surface area contributed by atoms with Crippen LogP contribution in [-0.2, 0) is 7.05 Å². The number of rotatable bonds is 5. The fourth-order valence-corrected chi connectivity index (χ4v) is 4.40. The van der Waals surface area contributed by atoms with Crippen LogP contribution in [0.4, 0.5) is 10.1 Å². The summed E-state index contributed by atoms with van der Waals surface area (Å²) in [6.07, 6.45) is 0. The minimum absolute atomic E-state index is 0.234. The minimum atomic E-state index is -0.345. The number of amides is 1. The molecule has 0 aliphatic rings. The lowest BCUT2D eigenvalue weighted by atomic mass is 10.1. The molecule has 0 aliphatic carbocycles. The summed E-state index contributed by atoms with van der Waals surface area (Å²) in [7, 11) is 1.79. The molecule has 0 fully saturated rings. The standard InChI is InChI=1S/C25H18FN3O2S/c1-29-25-20(23(28-29)19-9-5-6-10-21(19)26)15-22(32-25)24(30)27-16-11-13-18(14-12-16)31-17-7-3-2-4-8-17/h2-15H,1H3,(H,27,30). The van der Waals surface area contributed by atoms with E-state index in [-0.39, 0.29) is 11.7 Å². The van der Waals surface area contributed by atoms with Crippen molar-refractivity contribution in [1.29, 1.82) is 0 Å². The largest absolute Gasteiger partial charge is 0.457 e. The van der Waals surface area contributed by atoms with Gasteiger partial charge in [-0.15, -0.1) is 11.3 Å². The Labute approximate surface area is 187 Å². The molecule has 0 unspecified atom stereocenters. The van der Waals surface area contributed by atoms with Crippen molar-refractivity contribution >= 4 is 33.1 Å². The smallest absolute Gasteiger partial charge is 0.265 e. The molecule has 0 spiro atoms. The van der Waals surface area contributed by atoms with Crippen molar-refractivity contribution in [3.8, 4) is 22.8 Å². The van der Waals surface area contributed by atoms with Gasteiger partial charge in [0.15, 0.2) is 0 Å². The third-order valence-electron chi connectivity index (χ3n) is 4.96. The number of carbonyl (C=O) groups is 1. The summed E-state index contributed by atoms with van der Waals surface area (Å²) in [6, 6.07) is 24.9. The van der Waals surface area contributed by atoms with Crippen molar-refractivity contribution in [2.45, 2.75) is 0 Å². The van der Waals surface area contributed by atoms with Gasteiger partial charge in [0.2, 0.25) is 0 Å². The van der Waals surface area contributed by atoms with Gasteiger partial charge in [-0.2, -0.15) is 5.10 Å². The molecular weight excluding hydrogens is 425 g/mol. The molecule has 2 aromatic heterocycles. The molecule has 0 saturated carbocycles. The number of para-hydroxylation sites is 1. The summed E-state index contributed by atoms with van der Waals surface area (Å²) in [5.74, 6) is 0.843. The van der Waals surface area contributed by atoms with Crippen molar-refractivity contribution in [2.24, 2.45) is 7.05 Å². The van der Waals surface area contributed by atoms with Gasteiger partial charge in [0, 0.05) is 23.7 Å². The van der Waals surface area contributed by atoms with E-state index in [0.29, 0.717) is 27.6 Å². The van der Waals surface area contributed by atoms with E-state index in [4.69, 9.17) is 4.74 Å². The van der Waals surface area contributed by atoms with Gasteiger partial charge in [-0.25, -0.2) is 4.39 Å². The highest BCUT2D eigenvalue weighted by Gasteiger charge is 2.19. The van der Waals surface area contributed by atoms with Gasteiger partial charge in [0.25, 0.3) is 5.91 Å². The average Bonchev–Trinajstić information content (AvgIpc) is 3.37. The van der Waals surface area contributed by atoms with Gasteiger partial charge in [0.1, 0.15) is 27.8 Å². The lowest BCUT2D eigenvalue weighted by Gasteiger charge is -2.07. The van der Waals surface area contributed by atoms with Crippen molar-refractivity contribution in [2.75, 3.05) is 5.32 Å². The number of nitrogens with one attached hydrogen (secondary N) is 1. The quantitative estimate of drug-likeness (QED) is 0.338. The Morgan fingerprint density at radius 3 is 2.41 bits per heavy atom. The molecule has 0 aliphatic heterocycles. The van der Waals surface area contributed by atoms with Gasteiger partial charge in [-0.05, 0) is 54.6 Å². The first-order valence-electron chi connectivity index (χ1n) is 9.94. The van der Waals surface area contributed by atoms with E-state index in [1.54, 1.807) is 60.3 Å². The molecular formula is C25H18FN3O2S. The van der Waals surface area contributed by atoms with Crippen LogP contribution in [0.1, 0.15) is 9.67 Å². The summed E-state index contributed by atoms with van der Waals surface area (Å²) in [6.45, 7) is 0. The molecule has 0 atom stereocenters. The van der Waals surface area contributed by atoms with Crippen molar-refractivity contribution in [3.63, 3.8) is 0 Å². The molecule has 32 heavy (non-hydrogen) atoms. The number of thiophene rings is 1. The first-order valence-corrected chi connectivity index (χ1v) is 10.8. The van der Waals surface area contributed by atoms with Crippen molar-refractivity contribution in [3.05, 3.63) is 95.6 Å². The second-order valence-corrected chi connectivity index (χ2v) is 8.21. The summed E-state index contributed by atoms with van der Waals surface area (Å²) in [4.78, 5) is 14.2. The maximum absolute atomic E-state index is 14.3. The molecule has 5 aromatic rings. The van der Waals surface area contributed by atoms with Crippen LogP contribution in [0.5, 0.6) is 11.5 Å². The van der Waals surface area contributed by atoms with E-state index in [0.717, 1.165) is 16.0 Å². The number of ether oxygens (including phenoxy) is 1. The number of aromatic nitrogens is 2. The lowest BCUT2D eigenvalue weighted by Crippen LogP contribution is -2.09. The van der Waals surface area contributed by atoms with Gasteiger partial charge in [-0.3, -0.25) is 9.48 Å². The fourth-order valence-electron chi connectivity index (χ4n) is 3.43. The summed E-state index contributed by atoms with van der Waals surface area (Å²) in [5.41, 5.74) is 1.59. The van der Waals surface area contributed by atoms with Crippen LogP contribution in [0.2, 0.25) is 0 Å². The summed E-state index contributed by atoms with van der Waals surface area (Å²) >= 11 is 1.32. The number of carbonyl (C=O) groups excluding carboxylic acids is 1. The van der Waals surface area contributed by atoms with Gasteiger partial charge >= 0.3 is 0 Å². The summed E-state index contributed by atoms with van der Waals surface area (Å²) < 4.78 is 21.8. The SMILES string of the molecule is Cn1nc(-c2ccccc2F)c2cc(C(=O)Nc3ccc(Oc4ccccc4)cc3)sc21. The molecule has 2 heterocycles. The first-order chi connectivity index (χ1) is 15.6. The van der Waals surface area contributed by atoms with Crippen LogP contribution < -0.4 is 10.1 Å². The van der Waals surface area contributed by atoms with Gasteiger partial charge < -0.3 is 10.1 Å². The Kier molecular flexibility index (Phi) is 5.17. The van der Waals surface area contributed by atoms with Crippen LogP contribution in [0.15, 0.2) is 84.9 Å². The number of nitrogens with zero attached hydrogens (tertiary/aromatic N) is 2. The molecule has 1 N–H and O–H groups in total. The number of halogens is 1. The third kappa shape index (κ3) is 3.86. The van der Waals surface area contributed by atoms with Gasteiger partial charge in [-0.1, -0.05) is 30.3 Å². The lowest BCUT2D eigenvalue weighted by molar-refractivity contribution is 0.103. The van der Waals surface area contributed by atoms with E-state index >= 15 is 0 Å². The molecule has 0 bridgehead atoms. The second kappa shape index (κ2) is 8.28. The molecule has 5 rings (SSSR count). The zero-order chi connectivity index (χ0) is 22.1. The Hall–Kier alpha value is -3.97. The van der Waals surface area contributed by atoms with E-state index in [1.807, 2.05) is 30.3 Å². The highest BCUT2D eigenvalue weighted by Crippen LogP contribution is 2.35. The molecule has 3 aromatic carbocycles. The highest BCUT2D eigenvalue weighted by atomic mass is 32.1. The first kappa shape index (κ1) is 20.0. The number of hydrogen-bond acceptors (Lipinski definition) is 4. The van der Waals surface area contributed by atoms with Crippen LogP contribution in [0.25, 0.3) is 21.5 Å². The maximum atomic E-state index is 14.3. The maximum Gasteiger partial charge on any atom is 0.265 e. The highest BCUT2D eigenvalue weighted by molar-refractivity contribution is 7.20. The number of fused-ring (bicyclic) bond motifs is 1. The molecule has 0 saturated heterocycles. The molecule has 158 valence electrons. The Balaban J connectivity index is 1.36. The van der Waals surface area contributed by atoms with E-state index in [9.17, 15) is 9.18 Å². The molecule has 1 amide bonds. The zero-order valence-corrected chi connectivity index (χ0v) is 17.9. The fraction of sp³-hybridized carbons (Fsp3) is 0.0400. The van der Waals surface area contributed by atoms with Crippen molar-refractivity contribution in [1.82, 2.24) is 9.78 Å². The van der Waals surface area contributed by atoms with E-state index in [2.05, 4.69) is 10.4 Å². The predicted molar refractivity (Wildman–Crippen MR) is 125 cm³/mol. The minimum Gasteiger partial charge on any atom is -0.457 e. The summed E-state index contributed by atoms with van der Waals surface area (Å²) in [5, 5.41) is 8.10. The third-order valence-corrected chi connectivity index (χ3v) is 6.16. The van der Waals surface area contributed by atoms with Crippen LogP contribution in [-0.4, -0.2) is 15.7 Å². The van der Waals surface area contributed by atoms with Crippen LogP contribution in [0.3, 0.4) is 0 Å². The van der Waals surface area contributed by atoms with Crippen molar-refractivity contribution < 1.29 is 13.9 Å². The zero-order valence-electron chi connectivity index (χ0n) is 17.1. The van der Waals surface area contributed by atoms with Crippen LogP contribution in [0, 0.1) is 5.82 Å². The van der Waals surface area contributed by atoms with Crippen LogP contribution >= 0.6 is 11.3 Å². The Bertz CT molecular complexity index is 1410. The van der Waals surface area contributed by atoms with E-state index < -0.39 is 0 Å². The van der Waals surface area contributed by atoms with E-state index in [1.165, 1.54) is 17.4 Å². The van der Waals surface area contributed by atoms with Gasteiger partial charge in [0.05, 0.1) is 4.88 Å². The number of anilines is 1. The monoisotopic (exact) mass is 443 g/mol. The molecule has 7 heteroatoms. The topological polar surface area (TPSA) is 56.2 Å². The Morgan fingerprint density at radius 2 is 1.66 bits per heavy atom. The number of benzene rings is 3. The second-order valence-electron chi connectivity index (χ2n) is 7.18. The molecule has 0 radical (unpaired) electrons.